The molecule has 2 aromatic rings. The van der Waals surface area contributed by atoms with Gasteiger partial charge in [-0.1, -0.05) is 37.6 Å². The summed E-state index contributed by atoms with van der Waals surface area (Å²) in [6.45, 7) is 8.50. The molecule has 9 nitrogen and oxygen atoms in total. The SMILES string of the molecule is CC(C)CN(NC(=O)c1ccc(CN2CCC3(CC2)OCCO3)cc1)c1nc(C#N)ncc1Cl. The van der Waals surface area contributed by atoms with Crippen LogP contribution in [0.2, 0.25) is 5.02 Å². The van der Waals surface area contributed by atoms with E-state index in [1.807, 2.05) is 44.2 Å². The molecule has 1 aromatic heterocycles. The zero-order valence-electron chi connectivity index (χ0n) is 19.5. The molecule has 2 aliphatic heterocycles. The first-order chi connectivity index (χ1) is 16.4. The van der Waals surface area contributed by atoms with Crippen LogP contribution in [0.1, 0.15) is 48.4 Å². The maximum atomic E-state index is 13.0. The molecule has 1 aromatic carbocycles. The van der Waals surface area contributed by atoms with Crippen LogP contribution in [0.3, 0.4) is 0 Å². The van der Waals surface area contributed by atoms with Crippen LogP contribution in [-0.4, -0.2) is 59.4 Å². The minimum Gasteiger partial charge on any atom is -0.347 e. The van der Waals surface area contributed by atoms with Crippen LogP contribution < -0.4 is 10.4 Å². The second-order valence-corrected chi connectivity index (χ2v) is 9.41. The largest absolute Gasteiger partial charge is 0.347 e. The van der Waals surface area contributed by atoms with Gasteiger partial charge in [0.25, 0.3) is 5.91 Å². The van der Waals surface area contributed by atoms with Gasteiger partial charge in [-0.05, 0) is 23.6 Å². The van der Waals surface area contributed by atoms with Gasteiger partial charge in [0.2, 0.25) is 5.82 Å². The summed E-state index contributed by atoms with van der Waals surface area (Å²) in [6, 6.07) is 9.48. The van der Waals surface area contributed by atoms with E-state index < -0.39 is 0 Å². The summed E-state index contributed by atoms with van der Waals surface area (Å²) in [7, 11) is 0. The molecule has 4 rings (SSSR count). The molecule has 0 saturated carbocycles. The number of ether oxygens (including phenoxy) is 2. The molecule has 3 heterocycles. The lowest BCUT2D eigenvalue weighted by atomic mass is 10.0. The van der Waals surface area contributed by atoms with E-state index in [0.29, 0.717) is 31.1 Å². The average molecular weight is 485 g/mol. The van der Waals surface area contributed by atoms with Crippen molar-refractivity contribution in [2.45, 2.75) is 39.0 Å². The van der Waals surface area contributed by atoms with Gasteiger partial charge >= 0.3 is 0 Å². The quantitative estimate of drug-likeness (QED) is 0.598. The number of carbonyl (C=O) groups is 1. The highest BCUT2D eigenvalue weighted by molar-refractivity contribution is 6.32. The number of rotatable bonds is 7. The molecule has 180 valence electrons. The van der Waals surface area contributed by atoms with E-state index in [1.54, 1.807) is 5.01 Å². The number of halogens is 1. The maximum Gasteiger partial charge on any atom is 0.269 e. The fraction of sp³-hybridized carbons (Fsp3) is 0.500. The number of piperidine rings is 1. The zero-order chi connectivity index (χ0) is 24.1. The van der Waals surface area contributed by atoms with Crippen molar-refractivity contribution >= 4 is 23.3 Å². The highest BCUT2D eigenvalue weighted by atomic mass is 35.5. The summed E-state index contributed by atoms with van der Waals surface area (Å²) in [4.78, 5) is 23.4. The Morgan fingerprint density at radius 2 is 1.94 bits per heavy atom. The van der Waals surface area contributed by atoms with E-state index >= 15 is 0 Å². The Kier molecular flexibility index (Phi) is 7.63. The van der Waals surface area contributed by atoms with Crippen molar-refractivity contribution in [2.75, 3.05) is 37.9 Å². The Morgan fingerprint density at radius 3 is 2.56 bits per heavy atom. The summed E-state index contributed by atoms with van der Waals surface area (Å²) in [5, 5.41) is 11.0. The van der Waals surface area contributed by atoms with Crippen molar-refractivity contribution in [3.05, 3.63) is 52.4 Å². The molecule has 0 bridgehead atoms. The summed E-state index contributed by atoms with van der Waals surface area (Å²) in [6.07, 6.45) is 3.11. The third kappa shape index (κ3) is 5.83. The van der Waals surface area contributed by atoms with Crippen molar-refractivity contribution in [1.82, 2.24) is 20.3 Å². The third-order valence-electron chi connectivity index (χ3n) is 5.92. The Morgan fingerprint density at radius 1 is 1.26 bits per heavy atom. The molecule has 10 heteroatoms. The molecule has 0 radical (unpaired) electrons. The molecule has 0 aliphatic carbocycles. The number of nitrogens with zero attached hydrogens (tertiary/aromatic N) is 5. The van der Waals surface area contributed by atoms with Crippen molar-refractivity contribution in [3.8, 4) is 6.07 Å². The standard InChI is InChI=1S/C24H29ClN6O3/c1-17(2)15-31(22-20(25)14-27-21(13-26)28-22)29-23(32)19-5-3-18(4-6-19)16-30-9-7-24(8-10-30)33-11-12-34-24/h3-6,14,17H,7-12,15-16H2,1-2H3,(H,29,32). The van der Waals surface area contributed by atoms with Crippen LogP contribution in [-0.2, 0) is 16.0 Å². The van der Waals surface area contributed by atoms with Crippen LogP contribution in [0.4, 0.5) is 5.82 Å². The monoisotopic (exact) mass is 484 g/mol. The first kappa shape index (κ1) is 24.4. The lowest BCUT2D eigenvalue weighted by Gasteiger charge is -2.37. The smallest absolute Gasteiger partial charge is 0.269 e. The number of likely N-dealkylation sites (tertiary alicyclic amines) is 1. The normalized spacial score (nSPS) is 17.6. The average Bonchev–Trinajstić information content (AvgIpc) is 3.29. The number of hydrazine groups is 1. The number of hydrogen-bond donors (Lipinski definition) is 1. The number of aromatic nitrogens is 2. The van der Waals surface area contributed by atoms with Crippen molar-refractivity contribution in [3.63, 3.8) is 0 Å². The number of hydrogen-bond acceptors (Lipinski definition) is 8. The number of nitrogens with one attached hydrogen (secondary N) is 1. The molecule has 1 N–H and O–H groups in total. The van der Waals surface area contributed by atoms with Gasteiger partial charge < -0.3 is 9.47 Å². The Bertz CT molecular complexity index is 1040. The van der Waals surface area contributed by atoms with E-state index in [1.165, 1.54) is 6.20 Å². The van der Waals surface area contributed by atoms with E-state index in [4.69, 9.17) is 26.3 Å². The van der Waals surface area contributed by atoms with Gasteiger partial charge in [-0.2, -0.15) is 10.2 Å². The van der Waals surface area contributed by atoms with Crippen molar-refractivity contribution in [2.24, 2.45) is 5.92 Å². The summed E-state index contributed by atoms with van der Waals surface area (Å²) >= 11 is 6.27. The zero-order valence-corrected chi connectivity index (χ0v) is 20.2. The number of carbonyl (C=O) groups excluding carboxylic acids is 1. The number of benzene rings is 1. The number of anilines is 1. The predicted octanol–water partition coefficient (Wildman–Crippen LogP) is 3.15. The molecule has 1 spiro atoms. The van der Waals surface area contributed by atoms with Gasteiger partial charge in [-0.3, -0.25) is 20.1 Å². The van der Waals surface area contributed by atoms with E-state index in [-0.39, 0.29) is 28.5 Å². The lowest BCUT2D eigenvalue weighted by molar-refractivity contribution is -0.185. The minimum atomic E-state index is -0.374. The molecule has 2 fully saturated rings. The van der Waals surface area contributed by atoms with Gasteiger partial charge in [-0.15, -0.1) is 0 Å². The predicted molar refractivity (Wildman–Crippen MR) is 127 cm³/mol. The fourth-order valence-electron chi connectivity index (χ4n) is 4.20. The first-order valence-electron chi connectivity index (χ1n) is 11.5. The Balaban J connectivity index is 1.39. The maximum absolute atomic E-state index is 13.0. The molecule has 0 atom stereocenters. The van der Waals surface area contributed by atoms with Gasteiger partial charge in [0.1, 0.15) is 11.1 Å². The minimum absolute atomic E-state index is 0.0125. The molecule has 34 heavy (non-hydrogen) atoms. The van der Waals surface area contributed by atoms with E-state index in [9.17, 15) is 4.79 Å². The van der Waals surface area contributed by atoms with E-state index in [0.717, 1.165) is 38.0 Å². The topological polar surface area (TPSA) is 104 Å². The second kappa shape index (κ2) is 10.7. The molecule has 0 unspecified atom stereocenters. The lowest BCUT2D eigenvalue weighted by Crippen LogP contribution is -2.45. The van der Waals surface area contributed by atoms with Gasteiger partial charge in [0, 0.05) is 44.6 Å². The van der Waals surface area contributed by atoms with Crippen LogP contribution in [0.25, 0.3) is 0 Å². The van der Waals surface area contributed by atoms with Crippen LogP contribution >= 0.6 is 11.6 Å². The van der Waals surface area contributed by atoms with Gasteiger partial charge in [0.15, 0.2) is 11.6 Å². The van der Waals surface area contributed by atoms with Crippen LogP contribution in [0, 0.1) is 17.2 Å². The second-order valence-electron chi connectivity index (χ2n) is 9.00. The molecule has 2 saturated heterocycles. The van der Waals surface area contributed by atoms with Gasteiger partial charge in [-0.25, -0.2) is 4.98 Å². The molecular formula is C24H29ClN6O3. The van der Waals surface area contributed by atoms with Crippen molar-refractivity contribution < 1.29 is 14.3 Å². The summed E-state index contributed by atoms with van der Waals surface area (Å²) in [5.74, 6) is -0.161. The van der Waals surface area contributed by atoms with Gasteiger partial charge in [0.05, 0.1) is 19.4 Å². The van der Waals surface area contributed by atoms with Crippen LogP contribution in [0.15, 0.2) is 30.5 Å². The highest BCUT2D eigenvalue weighted by Crippen LogP contribution is 2.31. The Labute approximate surface area is 204 Å². The molecule has 1 amide bonds. The first-order valence-corrected chi connectivity index (χ1v) is 11.9. The summed E-state index contributed by atoms with van der Waals surface area (Å²) < 4.78 is 11.6. The molecule has 2 aliphatic rings. The van der Waals surface area contributed by atoms with Crippen LogP contribution in [0.5, 0.6) is 0 Å². The third-order valence-corrected chi connectivity index (χ3v) is 6.19. The number of amides is 1. The highest BCUT2D eigenvalue weighted by Gasteiger charge is 2.39. The van der Waals surface area contributed by atoms with E-state index in [2.05, 4.69) is 20.3 Å². The number of nitriles is 1. The molecular weight excluding hydrogens is 456 g/mol. The summed E-state index contributed by atoms with van der Waals surface area (Å²) in [5.41, 5.74) is 4.53. The van der Waals surface area contributed by atoms with Crippen molar-refractivity contribution in [1.29, 1.82) is 5.26 Å². The fourth-order valence-corrected chi connectivity index (χ4v) is 4.39. The Hall–Kier alpha value is -2.77.